The van der Waals surface area contributed by atoms with E-state index in [1.54, 1.807) is 25.3 Å². The predicted octanol–water partition coefficient (Wildman–Crippen LogP) is 3.12. The zero-order valence-corrected chi connectivity index (χ0v) is 11.0. The molecule has 3 N–H and O–H groups in total. The highest BCUT2D eigenvalue weighted by Gasteiger charge is 2.10. The van der Waals surface area contributed by atoms with Gasteiger partial charge in [-0.3, -0.25) is 0 Å². The summed E-state index contributed by atoms with van der Waals surface area (Å²) in [4.78, 5) is 7.79. The second kappa shape index (κ2) is 5.29. The van der Waals surface area contributed by atoms with Gasteiger partial charge in [-0.2, -0.15) is 0 Å². The molecule has 0 radical (unpaired) electrons. The number of methoxy groups -OCH3 is 1. The first-order valence-electron chi connectivity index (χ1n) is 4.98. The number of hydrogen-bond donors (Lipinski definition) is 2. The molecule has 0 spiro atoms. The average Bonchev–Trinajstić information content (AvgIpc) is 2.35. The van der Waals surface area contributed by atoms with Crippen LogP contribution < -0.4 is 15.8 Å². The molecule has 0 fully saturated rings. The Bertz CT molecular complexity index is 577. The number of ether oxygens (including phenoxy) is 1. The third kappa shape index (κ3) is 2.57. The second-order valence-corrected chi connectivity index (χ2v) is 4.21. The maximum atomic E-state index is 5.99. The van der Waals surface area contributed by atoms with Crippen molar-refractivity contribution in [1.82, 2.24) is 9.97 Å². The van der Waals surface area contributed by atoms with Gasteiger partial charge in [0.1, 0.15) is 22.9 Å². The number of benzene rings is 1. The molecule has 2 aromatic rings. The van der Waals surface area contributed by atoms with Crippen molar-refractivity contribution in [2.45, 2.75) is 0 Å². The van der Waals surface area contributed by atoms with Crippen molar-refractivity contribution in [1.29, 1.82) is 0 Å². The van der Waals surface area contributed by atoms with Gasteiger partial charge in [-0.15, -0.1) is 0 Å². The molecule has 1 aromatic carbocycles. The van der Waals surface area contributed by atoms with Crippen molar-refractivity contribution in [3.63, 3.8) is 0 Å². The van der Waals surface area contributed by atoms with Gasteiger partial charge in [-0.25, -0.2) is 9.97 Å². The first kappa shape index (κ1) is 12.7. The normalized spacial score (nSPS) is 10.2. The summed E-state index contributed by atoms with van der Waals surface area (Å²) in [6.45, 7) is 0. The standard InChI is InChI=1S/C11H10Cl2N4O/c1-18-8-3-2-6(12)4-7(8)17-11-9(13)10(14)15-5-16-11/h2-5H,1H3,(H3,14,15,16,17). The molecule has 5 nitrogen and oxygen atoms in total. The fourth-order valence-corrected chi connectivity index (χ4v) is 1.69. The van der Waals surface area contributed by atoms with Crippen LogP contribution in [0.1, 0.15) is 0 Å². The lowest BCUT2D eigenvalue weighted by atomic mass is 10.3. The molecule has 0 bridgehead atoms. The summed E-state index contributed by atoms with van der Waals surface area (Å²) >= 11 is 11.9. The quantitative estimate of drug-likeness (QED) is 0.906. The number of hydrogen-bond acceptors (Lipinski definition) is 5. The van der Waals surface area contributed by atoms with E-state index in [0.29, 0.717) is 22.3 Å². The molecule has 0 aliphatic heterocycles. The third-order valence-corrected chi connectivity index (χ3v) is 2.84. The Kier molecular flexibility index (Phi) is 3.74. The Hall–Kier alpha value is -1.72. The van der Waals surface area contributed by atoms with Crippen LogP contribution in [-0.4, -0.2) is 17.1 Å². The van der Waals surface area contributed by atoms with Crippen molar-refractivity contribution in [2.75, 3.05) is 18.2 Å². The van der Waals surface area contributed by atoms with Gasteiger partial charge in [-0.1, -0.05) is 23.2 Å². The SMILES string of the molecule is COc1ccc(Cl)cc1Nc1ncnc(N)c1Cl. The average molecular weight is 285 g/mol. The molecule has 0 saturated carbocycles. The summed E-state index contributed by atoms with van der Waals surface area (Å²) in [7, 11) is 1.56. The van der Waals surface area contributed by atoms with Crippen LogP contribution in [-0.2, 0) is 0 Å². The molecule has 0 aliphatic rings. The van der Waals surface area contributed by atoms with Gasteiger partial charge in [0, 0.05) is 5.02 Å². The van der Waals surface area contributed by atoms with Crippen LogP contribution in [0.25, 0.3) is 0 Å². The highest BCUT2D eigenvalue weighted by molar-refractivity contribution is 6.35. The van der Waals surface area contributed by atoms with E-state index in [0.717, 1.165) is 0 Å². The first-order valence-corrected chi connectivity index (χ1v) is 5.74. The topological polar surface area (TPSA) is 73.1 Å². The van der Waals surface area contributed by atoms with Gasteiger partial charge >= 0.3 is 0 Å². The minimum absolute atomic E-state index is 0.204. The lowest BCUT2D eigenvalue weighted by Crippen LogP contribution is -2.01. The van der Waals surface area contributed by atoms with E-state index in [4.69, 9.17) is 33.7 Å². The predicted molar refractivity (Wildman–Crippen MR) is 72.7 cm³/mol. The zero-order chi connectivity index (χ0) is 13.1. The Balaban J connectivity index is 2.39. The Morgan fingerprint density at radius 2 is 2.06 bits per heavy atom. The van der Waals surface area contributed by atoms with Crippen LogP contribution in [0.4, 0.5) is 17.3 Å². The van der Waals surface area contributed by atoms with E-state index < -0.39 is 0 Å². The smallest absolute Gasteiger partial charge is 0.154 e. The van der Waals surface area contributed by atoms with Crippen LogP contribution >= 0.6 is 23.2 Å². The molecular formula is C11H10Cl2N4O. The van der Waals surface area contributed by atoms with E-state index in [1.165, 1.54) is 6.33 Å². The largest absolute Gasteiger partial charge is 0.495 e. The molecule has 0 aliphatic carbocycles. The van der Waals surface area contributed by atoms with Crippen molar-refractivity contribution >= 4 is 40.5 Å². The van der Waals surface area contributed by atoms with E-state index in [2.05, 4.69) is 15.3 Å². The number of anilines is 3. The van der Waals surface area contributed by atoms with Gasteiger partial charge in [0.2, 0.25) is 0 Å². The highest BCUT2D eigenvalue weighted by Crippen LogP contribution is 2.33. The van der Waals surface area contributed by atoms with Crippen LogP contribution in [0.15, 0.2) is 24.5 Å². The molecule has 1 aromatic heterocycles. The Morgan fingerprint density at radius 1 is 1.28 bits per heavy atom. The monoisotopic (exact) mass is 284 g/mol. The number of aromatic nitrogens is 2. The van der Waals surface area contributed by atoms with Crippen molar-refractivity contribution in [2.24, 2.45) is 0 Å². The van der Waals surface area contributed by atoms with Gasteiger partial charge in [0.05, 0.1) is 12.8 Å². The van der Waals surface area contributed by atoms with Crippen molar-refractivity contribution < 1.29 is 4.74 Å². The molecule has 0 amide bonds. The number of halogens is 2. The minimum Gasteiger partial charge on any atom is -0.495 e. The fourth-order valence-electron chi connectivity index (χ4n) is 1.38. The number of nitrogens with zero attached hydrogens (tertiary/aromatic N) is 2. The van der Waals surface area contributed by atoms with Gasteiger partial charge in [0.25, 0.3) is 0 Å². The molecule has 94 valence electrons. The molecule has 0 unspecified atom stereocenters. The Labute approximate surface area is 114 Å². The number of nitrogens with one attached hydrogen (secondary N) is 1. The molecule has 18 heavy (non-hydrogen) atoms. The maximum Gasteiger partial charge on any atom is 0.154 e. The zero-order valence-electron chi connectivity index (χ0n) is 9.45. The van der Waals surface area contributed by atoms with E-state index in [9.17, 15) is 0 Å². The van der Waals surface area contributed by atoms with E-state index >= 15 is 0 Å². The summed E-state index contributed by atoms with van der Waals surface area (Å²) in [6.07, 6.45) is 1.32. The van der Waals surface area contributed by atoms with Gasteiger partial charge in [0.15, 0.2) is 5.82 Å². The van der Waals surface area contributed by atoms with Crippen LogP contribution in [0.5, 0.6) is 5.75 Å². The molecular weight excluding hydrogens is 275 g/mol. The van der Waals surface area contributed by atoms with Crippen molar-refractivity contribution in [3.8, 4) is 5.75 Å². The maximum absolute atomic E-state index is 5.99. The summed E-state index contributed by atoms with van der Waals surface area (Å²) in [5.41, 5.74) is 6.24. The van der Waals surface area contributed by atoms with Crippen LogP contribution in [0.2, 0.25) is 10.0 Å². The first-order chi connectivity index (χ1) is 8.61. The minimum atomic E-state index is 0.204. The molecule has 7 heteroatoms. The van der Waals surface area contributed by atoms with Crippen molar-refractivity contribution in [3.05, 3.63) is 34.6 Å². The number of nitrogen functional groups attached to an aromatic ring is 1. The van der Waals surface area contributed by atoms with E-state index in [1.807, 2.05) is 0 Å². The molecule has 0 atom stereocenters. The lowest BCUT2D eigenvalue weighted by Gasteiger charge is -2.12. The summed E-state index contributed by atoms with van der Waals surface area (Å²) < 4.78 is 5.20. The van der Waals surface area contributed by atoms with Crippen LogP contribution in [0, 0.1) is 0 Å². The van der Waals surface area contributed by atoms with Gasteiger partial charge < -0.3 is 15.8 Å². The lowest BCUT2D eigenvalue weighted by molar-refractivity contribution is 0.417. The second-order valence-electron chi connectivity index (χ2n) is 3.39. The van der Waals surface area contributed by atoms with Crippen LogP contribution in [0.3, 0.4) is 0 Å². The fraction of sp³-hybridized carbons (Fsp3) is 0.0909. The summed E-state index contributed by atoms with van der Waals surface area (Å²) in [5, 5.41) is 3.82. The molecule has 0 saturated heterocycles. The third-order valence-electron chi connectivity index (χ3n) is 2.23. The van der Waals surface area contributed by atoms with E-state index in [-0.39, 0.29) is 10.8 Å². The summed E-state index contributed by atoms with van der Waals surface area (Å²) in [6, 6.07) is 5.17. The molecule has 1 heterocycles. The highest BCUT2D eigenvalue weighted by atomic mass is 35.5. The number of rotatable bonds is 3. The summed E-state index contributed by atoms with van der Waals surface area (Å²) in [5.74, 6) is 1.22. The van der Waals surface area contributed by atoms with Gasteiger partial charge in [-0.05, 0) is 18.2 Å². The Morgan fingerprint density at radius 3 is 2.78 bits per heavy atom. The molecule has 2 rings (SSSR count). The number of nitrogens with two attached hydrogens (primary N) is 1.